The van der Waals surface area contributed by atoms with E-state index in [1.807, 2.05) is 12.3 Å². The Balaban J connectivity index is 2.17. The van der Waals surface area contributed by atoms with Crippen molar-refractivity contribution in [3.63, 3.8) is 0 Å². The molecule has 2 aromatic heterocycles. The number of unbranched alkanes of at least 4 members (excludes halogenated alkanes) is 1. The Morgan fingerprint density at radius 3 is 3.07 bits per heavy atom. The van der Waals surface area contributed by atoms with E-state index >= 15 is 0 Å². The second kappa shape index (κ2) is 4.24. The lowest BCUT2D eigenvalue weighted by molar-refractivity contribution is 0.627. The van der Waals surface area contributed by atoms with Crippen molar-refractivity contribution >= 4 is 11.0 Å². The molecule has 0 aliphatic heterocycles. The predicted molar refractivity (Wildman–Crippen MR) is 58.0 cm³/mol. The second-order valence-corrected chi connectivity index (χ2v) is 3.42. The topological polar surface area (TPSA) is 43.8 Å². The van der Waals surface area contributed by atoms with Gasteiger partial charge in [-0.3, -0.25) is 0 Å². The van der Waals surface area contributed by atoms with E-state index in [4.69, 9.17) is 5.73 Å². The van der Waals surface area contributed by atoms with E-state index in [9.17, 15) is 0 Å². The third-order valence-corrected chi connectivity index (χ3v) is 2.38. The zero-order chi connectivity index (χ0) is 9.80. The maximum atomic E-state index is 5.46. The molecule has 0 fully saturated rings. The summed E-state index contributed by atoms with van der Waals surface area (Å²) in [4.78, 5) is 4.35. The molecule has 14 heavy (non-hydrogen) atoms. The minimum absolute atomic E-state index is 0.770. The molecule has 0 aromatic carbocycles. The van der Waals surface area contributed by atoms with Gasteiger partial charge in [-0.25, -0.2) is 4.98 Å². The van der Waals surface area contributed by atoms with Gasteiger partial charge in [0.05, 0.1) is 0 Å². The van der Waals surface area contributed by atoms with Crippen molar-refractivity contribution in [2.75, 3.05) is 6.54 Å². The molecule has 0 bridgehead atoms. The van der Waals surface area contributed by atoms with E-state index in [1.54, 1.807) is 0 Å². The number of rotatable bonds is 4. The Bertz CT molecular complexity index is 406. The van der Waals surface area contributed by atoms with Crippen molar-refractivity contribution in [1.82, 2.24) is 9.55 Å². The summed E-state index contributed by atoms with van der Waals surface area (Å²) in [7, 11) is 0. The van der Waals surface area contributed by atoms with Gasteiger partial charge >= 0.3 is 0 Å². The zero-order valence-corrected chi connectivity index (χ0v) is 8.19. The first kappa shape index (κ1) is 9.21. The van der Waals surface area contributed by atoms with Crippen molar-refractivity contribution in [2.45, 2.75) is 19.4 Å². The molecule has 0 aliphatic carbocycles. The van der Waals surface area contributed by atoms with Crippen LogP contribution in [0.3, 0.4) is 0 Å². The first-order chi connectivity index (χ1) is 6.92. The van der Waals surface area contributed by atoms with Gasteiger partial charge in [0.15, 0.2) is 0 Å². The van der Waals surface area contributed by atoms with Gasteiger partial charge in [0, 0.05) is 24.3 Å². The first-order valence-electron chi connectivity index (χ1n) is 5.02. The van der Waals surface area contributed by atoms with Crippen LogP contribution in [0.25, 0.3) is 11.0 Å². The Morgan fingerprint density at radius 2 is 2.21 bits per heavy atom. The van der Waals surface area contributed by atoms with Gasteiger partial charge in [-0.05, 0) is 37.6 Å². The number of pyridine rings is 1. The fourth-order valence-corrected chi connectivity index (χ4v) is 1.63. The number of aryl methyl sites for hydroxylation is 1. The van der Waals surface area contributed by atoms with Gasteiger partial charge < -0.3 is 10.3 Å². The van der Waals surface area contributed by atoms with Gasteiger partial charge in [0.25, 0.3) is 0 Å². The van der Waals surface area contributed by atoms with Crippen LogP contribution in [0.15, 0.2) is 30.6 Å². The molecule has 0 radical (unpaired) electrons. The largest absolute Gasteiger partial charge is 0.333 e. The zero-order valence-electron chi connectivity index (χ0n) is 8.19. The van der Waals surface area contributed by atoms with Gasteiger partial charge in [-0.2, -0.15) is 0 Å². The van der Waals surface area contributed by atoms with Crippen LogP contribution in [0.4, 0.5) is 0 Å². The fraction of sp³-hybridized carbons (Fsp3) is 0.364. The van der Waals surface area contributed by atoms with E-state index in [0.717, 1.165) is 31.6 Å². The van der Waals surface area contributed by atoms with Crippen molar-refractivity contribution in [3.05, 3.63) is 30.6 Å². The van der Waals surface area contributed by atoms with Crippen LogP contribution in [-0.4, -0.2) is 16.1 Å². The third kappa shape index (κ3) is 1.77. The number of aromatic nitrogens is 2. The summed E-state index contributed by atoms with van der Waals surface area (Å²) in [6, 6.07) is 6.15. The van der Waals surface area contributed by atoms with E-state index in [1.165, 1.54) is 5.39 Å². The Morgan fingerprint density at radius 1 is 1.29 bits per heavy atom. The summed E-state index contributed by atoms with van der Waals surface area (Å²) < 4.78 is 2.19. The number of nitrogens with two attached hydrogens (primary N) is 1. The van der Waals surface area contributed by atoms with Crippen molar-refractivity contribution in [2.24, 2.45) is 5.73 Å². The van der Waals surface area contributed by atoms with Crippen LogP contribution >= 0.6 is 0 Å². The minimum atomic E-state index is 0.770. The summed E-state index contributed by atoms with van der Waals surface area (Å²) in [5, 5.41) is 1.21. The molecule has 0 unspecified atom stereocenters. The summed E-state index contributed by atoms with van der Waals surface area (Å²) in [5.41, 5.74) is 6.53. The molecular weight excluding hydrogens is 174 g/mol. The highest BCUT2D eigenvalue weighted by atomic mass is 15.0. The molecular formula is C11H15N3. The van der Waals surface area contributed by atoms with Crippen LogP contribution in [0.1, 0.15) is 12.8 Å². The fourth-order valence-electron chi connectivity index (χ4n) is 1.63. The molecule has 3 heteroatoms. The first-order valence-corrected chi connectivity index (χ1v) is 5.02. The smallest absolute Gasteiger partial charge is 0.139 e. The quantitative estimate of drug-likeness (QED) is 0.745. The predicted octanol–water partition coefficient (Wildman–Crippen LogP) is 1.78. The highest BCUT2D eigenvalue weighted by Crippen LogP contribution is 2.12. The van der Waals surface area contributed by atoms with Crippen molar-refractivity contribution in [3.8, 4) is 0 Å². The van der Waals surface area contributed by atoms with Crippen LogP contribution in [0, 0.1) is 0 Å². The molecule has 2 aromatic rings. The maximum absolute atomic E-state index is 5.46. The number of fused-ring (bicyclic) bond motifs is 1. The van der Waals surface area contributed by atoms with E-state index < -0.39 is 0 Å². The molecule has 74 valence electrons. The molecule has 0 aliphatic rings. The minimum Gasteiger partial charge on any atom is -0.333 e. The molecule has 0 amide bonds. The second-order valence-electron chi connectivity index (χ2n) is 3.42. The average molecular weight is 189 g/mol. The summed E-state index contributed by atoms with van der Waals surface area (Å²) in [6.07, 6.45) is 6.12. The molecule has 0 saturated carbocycles. The van der Waals surface area contributed by atoms with E-state index in [2.05, 4.69) is 27.9 Å². The molecule has 0 spiro atoms. The Kier molecular flexibility index (Phi) is 2.79. The van der Waals surface area contributed by atoms with Gasteiger partial charge in [0.1, 0.15) is 5.65 Å². The molecule has 3 nitrogen and oxygen atoms in total. The monoisotopic (exact) mass is 189 g/mol. The Hall–Kier alpha value is -1.35. The van der Waals surface area contributed by atoms with Gasteiger partial charge in [0.2, 0.25) is 0 Å². The molecule has 2 N–H and O–H groups in total. The van der Waals surface area contributed by atoms with E-state index in [-0.39, 0.29) is 0 Å². The van der Waals surface area contributed by atoms with Crippen LogP contribution in [0.2, 0.25) is 0 Å². The van der Waals surface area contributed by atoms with Crippen LogP contribution < -0.4 is 5.73 Å². The molecule has 2 rings (SSSR count). The normalized spacial score (nSPS) is 10.9. The highest BCUT2D eigenvalue weighted by molar-refractivity contribution is 5.75. The number of nitrogens with zero attached hydrogens (tertiary/aromatic N) is 2. The molecule has 0 atom stereocenters. The van der Waals surface area contributed by atoms with Crippen molar-refractivity contribution < 1.29 is 0 Å². The number of hydrogen-bond donors (Lipinski definition) is 1. The van der Waals surface area contributed by atoms with Crippen molar-refractivity contribution in [1.29, 1.82) is 0 Å². The summed E-state index contributed by atoms with van der Waals surface area (Å²) in [5.74, 6) is 0. The number of hydrogen-bond acceptors (Lipinski definition) is 2. The summed E-state index contributed by atoms with van der Waals surface area (Å²) >= 11 is 0. The molecule has 0 saturated heterocycles. The Labute approximate surface area is 83.6 Å². The van der Waals surface area contributed by atoms with Gasteiger partial charge in [-0.1, -0.05) is 0 Å². The van der Waals surface area contributed by atoms with E-state index in [0.29, 0.717) is 0 Å². The highest BCUT2D eigenvalue weighted by Gasteiger charge is 1.99. The van der Waals surface area contributed by atoms with Crippen LogP contribution in [-0.2, 0) is 6.54 Å². The average Bonchev–Trinajstić information content (AvgIpc) is 2.63. The molecule has 2 heterocycles. The van der Waals surface area contributed by atoms with Gasteiger partial charge in [-0.15, -0.1) is 0 Å². The lowest BCUT2D eigenvalue weighted by atomic mass is 10.3. The third-order valence-electron chi connectivity index (χ3n) is 2.38. The standard InChI is InChI=1S/C11H15N3/c12-6-1-2-8-14-9-5-10-4-3-7-13-11(10)14/h3-5,7,9H,1-2,6,8,12H2. The maximum Gasteiger partial charge on any atom is 0.139 e. The van der Waals surface area contributed by atoms with Crippen LogP contribution in [0.5, 0.6) is 0 Å². The lowest BCUT2D eigenvalue weighted by Crippen LogP contribution is -2.02. The SMILES string of the molecule is NCCCCn1ccc2cccnc21. The summed E-state index contributed by atoms with van der Waals surface area (Å²) in [6.45, 7) is 1.78. The lowest BCUT2D eigenvalue weighted by Gasteiger charge is -2.02.